The number of hydrogen-bond donors (Lipinski definition) is 2. The zero-order valence-corrected chi connectivity index (χ0v) is 10.2. The first kappa shape index (κ1) is 11.3. The van der Waals surface area contributed by atoms with Crippen LogP contribution in [0.15, 0.2) is 17.8 Å². The molecule has 86 valence electrons. The minimum absolute atomic E-state index is 0.193. The van der Waals surface area contributed by atoms with E-state index in [1.165, 1.54) is 0 Å². The number of hydrogen-bond acceptors (Lipinski definition) is 5. The van der Waals surface area contributed by atoms with Gasteiger partial charge in [0.25, 0.3) is 0 Å². The Labute approximate surface area is 98.4 Å². The Bertz CT molecular complexity index is 469. The molecule has 2 unspecified atom stereocenters. The molecule has 0 spiro atoms. The van der Waals surface area contributed by atoms with E-state index in [9.17, 15) is 5.11 Å². The van der Waals surface area contributed by atoms with Gasteiger partial charge >= 0.3 is 0 Å². The highest BCUT2D eigenvalue weighted by atomic mass is 32.1. The number of thiophene rings is 1. The SMILES string of the molecule is CC(O)CC(C)Nc1ncnc2sccc12. The van der Waals surface area contributed by atoms with Gasteiger partial charge in [0.15, 0.2) is 0 Å². The highest BCUT2D eigenvalue weighted by molar-refractivity contribution is 7.16. The number of aliphatic hydroxyl groups excluding tert-OH is 1. The van der Waals surface area contributed by atoms with E-state index in [2.05, 4.69) is 15.3 Å². The van der Waals surface area contributed by atoms with Crippen molar-refractivity contribution in [2.75, 3.05) is 5.32 Å². The first-order valence-electron chi connectivity index (χ1n) is 5.29. The fraction of sp³-hybridized carbons (Fsp3) is 0.455. The first-order valence-corrected chi connectivity index (χ1v) is 6.17. The lowest BCUT2D eigenvalue weighted by atomic mass is 10.1. The number of fused-ring (bicyclic) bond motifs is 1. The van der Waals surface area contributed by atoms with Crippen LogP contribution < -0.4 is 5.32 Å². The third-order valence-corrected chi connectivity index (χ3v) is 3.16. The fourth-order valence-corrected chi connectivity index (χ4v) is 2.44. The minimum atomic E-state index is -0.303. The maximum atomic E-state index is 9.30. The molecule has 0 aliphatic heterocycles. The van der Waals surface area contributed by atoms with E-state index < -0.39 is 0 Å². The van der Waals surface area contributed by atoms with E-state index >= 15 is 0 Å². The smallest absolute Gasteiger partial charge is 0.138 e. The second-order valence-electron chi connectivity index (χ2n) is 3.99. The third kappa shape index (κ3) is 2.48. The molecule has 16 heavy (non-hydrogen) atoms. The molecule has 0 saturated heterocycles. The van der Waals surface area contributed by atoms with Crippen molar-refractivity contribution in [2.45, 2.75) is 32.4 Å². The Morgan fingerprint density at radius 2 is 2.25 bits per heavy atom. The van der Waals surface area contributed by atoms with Crippen molar-refractivity contribution in [1.29, 1.82) is 0 Å². The van der Waals surface area contributed by atoms with Crippen LogP contribution in [0, 0.1) is 0 Å². The van der Waals surface area contributed by atoms with Crippen molar-refractivity contribution in [3.8, 4) is 0 Å². The van der Waals surface area contributed by atoms with E-state index in [0.29, 0.717) is 6.42 Å². The Morgan fingerprint density at radius 1 is 1.44 bits per heavy atom. The van der Waals surface area contributed by atoms with Crippen molar-refractivity contribution in [3.63, 3.8) is 0 Å². The zero-order valence-electron chi connectivity index (χ0n) is 9.34. The molecule has 0 amide bonds. The van der Waals surface area contributed by atoms with Crippen LogP contribution in [-0.4, -0.2) is 27.2 Å². The molecule has 2 rings (SSSR count). The molecule has 2 aromatic rings. The molecule has 0 fully saturated rings. The van der Waals surface area contributed by atoms with Crippen LogP contribution in [0.2, 0.25) is 0 Å². The molecule has 0 aliphatic rings. The number of anilines is 1. The van der Waals surface area contributed by atoms with Crippen molar-refractivity contribution in [1.82, 2.24) is 9.97 Å². The van der Waals surface area contributed by atoms with Crippen LogP contribution in [0.1, 0.15) is 20.3 Å². The number of nitrogens with one attached hydrogen (secondary N) is 1. The average molecular weight is 237 g/mol. The van der Waals surface area contributed by atoms with Gasteiger partial charge in [-0.25, -0.2) is 9.97 Å². The lowest BCUT2D eigenvalue weighted by molar-refractivity contribution is 0.179. The highest BCUT2D eigenvalue weighted by Gasteiger charge is 2.09. The lowest BCUT2D eigenvalue weighted by Crippen LogP contribution is -2.21. The van der Waals surface area contributed by atoms with E-state index in [1.54, 1.807) is 24.6 Å². The monoisotopic (exact) mass is 237 g/mol. The Hall–Kier alpha value is -1.20. The third-order valence-electron chi connectivity index (χ3n) is 2.34. The van der Waals surface area contributed by atoms with Crippen LogP contribution in [0.4, 0.5) is 5.82 Å². The van der Waals surface area contributed by atoms with Gasteiger partial charge in [-0.3, -0.25) is 0 Å². The molecule has 2 aromatic heterocycles. The molecule has 0 bridgehead atoms. The summed E-state index contributed by atoms with van der Waals surface area (Å²) in [5.74, 6) is 0.847. The molecular formula is C11H15N3OS. The first-order chi connectivity index (χ1) is 7.66. The molecular weight excluding hydrogens is 222 g/mol. The zero-order chi connectivity index (χ0) is 11.5. The van der Waals surface area contributed by atoms with Gasteiger partial charge in [0.2, 0.25) is 0 Å². The van der Waals surface area contributed by atoms with Gasteiger partial charge in [0.05, 0.1) is 11.5 Å². The molecule has 2 N–H and O–H groups in total. The van der Waals surface area contributed by atoms with Crippen molar-refractivity contribution < 1.29 is 5.11 Å². The summed E-state index contributed by atoms with van der Waals surface area (Å²) in [4.78, 5) is 9.41. The molecule has 5 heteroatoms. The summed E-state index contributed by atoms with van der Waals surface area (Å²) in [6.07, 6.45) is 1.97. The molecule has 2 heterocycles. The molecule has 0 aromatic carbocycles. The van der Waals surface area contributed by atoms with Crippen molar-refractivity contribution >= 4 is 27.4 Å². The lowest BCUT2D eigenvalue weighted by Gasteiger charge is -2.16. The summed E-state index contributed by atoms with van der Waals surface area (Å²) < 4.78 is 0. The van der Waals surface area contributed by atoms with Crippen LogP contribution in [-0.2, 0) is 0 Å². The van der Waals surface area contributed by atoms with Gasteiger partial charge in [-0.2, -0.15) is 0 Å². The van der Waals surface area contributed by atoms with E-state index in [0.717, 1.165) is 16.0 Å². The number of aromatic nitrogens is 2. The van der Waals surface area contributed by atoms with Crippen LogP contribution in [0.25, 0.3) is 10.2 Å². The fourth-order valence-electron chi connectivity index (χ4n) is 1.71. The molecule has 0 radical (unpaired) electrons. The van der Waals surface area contributed by atoms with Gasteiger partial charge in [-0.05, 0) is 31.7 Å². The summed E-state index contributed by atoms with van der Waals surface area (Å²) in [5.41, 5.74) is 0. The van der Waals surface area contributed by atoms with Gasteiger partial charge < -0.3 is 10.4 Å². The predicted octanol–water partition coefficient (Wildman–Crippen LogP) is 2.26. The van der Waals surface area contributed by atoms with Crippen molar-refractivity contribution in [2.24, 2.45) is 0 Å². The number of nitrogens with zero attached hydrogens (tertiary/aromatic N) is 2. The average Bonchev–Trinajstić information content (AvgIpc) is 2.65. The summed E-state index contributed by atoms with van der Waals surface area (Å²) in [7, 11) is 0. The number of rotatable bonds is 4. The highest BCUT2D eigenvalue weighted by Crippen LogP contribution is 2.24. The van der Waals surface area contributed by atoms with Crippen LogP contribution in [0.5, 0.6) is 0 Å². The summed E-state index contributed by atoms with van der Waals surface area (Å²) in [5, 5.41) is 15.7. The maximum absolute atomic E-state index is 9.30. The quantitative estimate of drug-likeness (QED) is 0.856. The van der Waals surface area contributed by atoms with Gasteiger partial charge in [-0.1, -0.05) is 0 Å². The topological polar surface area (TPSA) is 58.0 Å². The summed E-state index contributed by atoms with van der Waals surface area (Å²) >= 11 is 1.60. The maximum Gasteiger partial charge on any atom is 0.138 e. The minimum Gasteiger partial charge on any atom is -0.393 e. The van der Waals surface area contributed by atoms with Crippen LogP contribution >= 0.6 is 11.3 Å². The Balaban J connectivity index is 2.17. The molecule has 4 nitrogen and oxygen atoms in total. The summed E-state index contributed by atoms with van der Waals surface area (Å²) in [6, 6.07) is 2.20. The van der Waals surface area contributed by atoms with E-state index in [4.69, 9.17) is 0 Å². The second-order valence-corrected chi connectivity index (χ2v) is 4.89. The van der Waals surface area contributed by atoms with Gasteiger partial charge in [-0.15, -0.1) is 11.3 Å². The largest absolute Gasteiger partial charge is 0.393 e. The standard InChI is InChI=1S/C11H15N3OS/c1-7(5-8(2)15)14-10-9-3-4-16-11(9)13-6-12-10/h3-4,6-8,15H,5H2,1-2H3,(H,12,13,14). The predicted molar refractivity (Wildman–Crippen MR) is 66.8 cm³/mol. The van der Waals surface area contributed by atoms with E-state index in [1.807, 2.05) is 18.4 Å². The van der Waals surface area contributed by atoms with E-state index in [-0.39, 0.29) is 12.1 Å². The number of aliphatic hydroxyl groups is 1. The Morgan fingerprint density at radius 3 is 3.00 bits per heavy atom. The van der Waals surface area contributed by atoms with Crippen molar-refractivity contribution in [3.05, 3.63) is 17.8 Å². The molecule has 0 saturated carbocycles. The molecule has 2 atom stereocenters. The second kappa shape index (κ2) is 4.76. The Kier molecular flexibility index (Phi) is 3.36. The van der Waals surface area contributed by atoms with Gasteiger partial charge in [0.1, 0.15) is 17.0 Å². The van der Waals surface area contributed by atoms with Crippen LogP contribution in [0.3, 0.4) is 0 Å². The van der Waals surface area contributed by atoms with Gasteiger partial charge in [0, 0.05) is 6.04 Å². The molecule has 0 aliphatic carbocycles. The summed E-state index contributed by atoms with van der Waals surface area (Å²) in [6.45, 7) is 3.82. The normalized spacial score (nSPS) is 14.9.